The second kappa shape index (κ2) is 6.12. The molecule has 0 saturated carbocycles. The molecule has 0 atom stereocenters. The van der Waals surface area contributed by atoms with E-state index in [-0.39, 0.29) is 17.5 Å². The third-order valence-electron chi connectivity index (χ3n) is 2.40. The molecule has 7 heteroatoms. The number of carbonyl (C=O) groups is 2. The standard InChI is InChI=1S/C13H10ClN3O3/c14-11-5-8(3-4-15-11)13(20)17-10-2-1-9(16-7-10)6-12(18)19/h1-5,7H,6H2,(H,17,20)(H,18,19). The van der Waals surface area contributed by atoms with E-state index in [4.69, 9.17) is 16.7 Å². The molecule has 0 aliphatic carbocycles. The number of carbonyl (C=O) groups excluding carboxylic acids is 1. The molecule has 2 aromatic rings. The number of amides is 1. The van der Waals surface area contributed by atoms with E-state index in [0.717, 1.165) is 0 Å². The lowest BCUT2D eigenvalue weighted by Crippen LogP contribution is -2.12. The topological polar surface area (TPSA) is 92.2 Å². The number of anilines is 1. The second-order valence-electron chi connectivity index (χ2n) is 3.93. The maximum Gasteiger partial charge on any atom is 0.309 e. The van der Waals surface area contributed by atoms with Crippen LogP contribution in [-0.4, -0.2) is 27.0 Å². The Morgan fingerprint density at radius 1 is 1.25 bits per heavy atom. The van der Waals surface area contributed by atoms with Gasteiger partial charge in [-0.3, -0.25) is 14.6 Å². The summed E-state index contributed by atoms with van der Waals surface area (Å²) in [5.41, 5.74) is 1.26. The van der Waals surface area contributed by atoms with E-state index in [2.05, 4.69) is 15.3 Å². The van der Waals surface area contributed by atoms with Gasteiger partial charge in [0.2, 0.25) is 0 Å². The number of carboxylic acids is 1. The summed E-state index contributed by atoms with van der Waals surface area (Å²) in [4.78, 5) is 30.2. The number of hydrogen-bond donors (Lipinski definition) is 2. The van der Waals surface area contributed by atoms with E-state index in [1.54, 1.807) is 12.1 Å². The maximum atomic E-state index is 11.9. The summed E-state index contributed by atoms with van der Waals surface area (Å²) < 4.78 is 0. The predicted molar refractivity (Wildman–Crippen MR) is 72.8 cm³/mol. The number of carboxylic acid groups (broad SMARTS) is 1. The highest BCUT2D eigenvalue weighted by atomic mass is 35.5. The summed E-state index contributed by atoms with van der Waals surface area (Å²) in [7, 11) is 0. The number of nitrogens with zero attached hydrogens (tertiary/aromatic N) is 2. The fourth-order valence-electron chi connectivity index (χ4n) is 1.50. The summed E-state index contributed by atoms with van der Waals surface area (Å²) in [6.07, 6.45) is 2.68. The molecule has 0 aliphatic heterocycles. The Hall–Kier alpha value is -2.47. The lowest BCUT2D eigenvalue weighted by atomic mass is 10.2. The molecule has 0 radical (unpaired) electrons. The quantitative estimate of drug-likeness (QED) is 0.841. The van der Waals surface area contributed by atoms with Gasteiger partial charge in [-0.1, -0.05) is 11.6 Å². The molecule has 0 aliphatic rings. The summed E-state index contributed by atoms with van der Waals surface area (Å²) in [5.74, 6) is -1.30. The van der Waals surface area contributed by atoms with Crippen molar-refractivity contribution in [3.8, 4) is 0 Å². The molecule has 6 nitrogen and oxygen atoms in total. The largest absolute Gasteiger partial charge is 0.481 e. The molecular weight excluding hydrogens is 282 g/mol. The van der Waals surface area contributed by atoms with Gasteiger partial charge in [0, 0.05) is 11.8 Å². The van der Waals surface area contributed by atoms with Crippen LogP contribution < -0.4 is 5.32 Å². The highest BCUT2D eigenvalue weighted by Crippen LogP contribution is 2.11. The smallest absolute Gasteiger partial charge is 0.309 e. The van der Waals surface area contributed by atoms with E-state index < -0.39 is 5.97 Å². The Bertz CT molecular complexity index is 644. The first-order valence-electron chi connectivity index (χ1n) is 5.64. The van der Waals surface area contributed by atoms with Crippen molar-refractivity contribution < 1.29 is 14.7 Å². The minimum atomic E-state index is -0.958. The normalized spacial score (nSPS) is 10.1. The van der Waals surface area contributed by atoms with E-state index in [1.807, 2.05) is 0 Å². The molecular formula is C13H10ClN3O3. The lowest BCUT2D eigenvalue weighted by molar-refractivity contribution is -0.136. The van der Waals surface area contributed by atoms with Crippen LogP contribution in [0.2, 0.25) is 5.15 Å². The van der Waals surface area contributed by atoms with Gasteiger partial charge in [-0.25, -0.2) is 4.98 Å². The number of aromatic nitrogens is 2. The van der Waals surface area contributed by atoms with Crippen molar-refractivity contribution in [1.29, 1.82) is 0 Å². The average molecular weight is 292 g/mol. The van der Waals surface area contributed by atoms with Crippen molar-refractivity contribution in [3.63, 3.8) is 0 Å². The number of nitrogens with one attached hydrogen (secondary N) is 1. The molecule has 0 saturated heterocycles. The molecule has 0 fully saturated rings. The summed E-state index contributed by atoms with van der Waals surface area (Å²) in [5, 5.41) is 11.5. The highest BCUT2D eigenvalue weighted by Gasteiger charge is 2.08. The SMILES string of the molecule is O=C(O)Cc1ccc(NC(=O)c2ccnc(Cl)c2)cn1. The maximum absolute atomic E-state index is 11.9. The minimum Gasteiger partial charge on any atom is -0.481 e. The van der Waals surface area contributed by atoms with Crippen molar-refractivity contribution in [1.82, 2.24) is 9.97 Å². The minimum absolute atomic E-state index is 0.159. The van der Waals surface area contributed by atoms with Crippen LogP contribution in [0, 0.1) is 0 Å². The molecule has 2 rings (SSSR count). The molecule has 0 spiro atoms. The third-order valence-corrected chi connectivity index (χ3v) is 2.61. The van der Waals surface area contributed by atoms with Crippen LogP contribution in [0.3, 0.4) is 0 Å². The van der Waals surface area contributed by atoms with Crippen LogP contribution in [-0.2, 0) is 11.2 Å². The van der Waals surface area contributed by atoms with E-state index in [0.29, 0.717) is 16.9 Å². The van der Waals surface area contributed by atoms with Crippen molar-refractivity contribution in [2.75, 3.05) is 5.32 Å². The molecule has 2 N–H and O–H groups in total. The Labute approximate surface area is 119 Å². The average Bonchev–Trinajstić information content (AvgIpc) is 2.40. The zero-order chi connectivity index (χ0) is 14.5. The molecule has 2 heterocycles. The fraction of sp³-hybridized carbons (Fsp3) is 0.0769. The first kappa shape index (κ1) is 14.0. The van der Waals surface area contributed by atoms with Crippen LogP contribution in [0.5, 0.6) is 0 Å². The molecule has 0 bridgehead atoms. The van der Waals surface area contributed by atoms with Gasteiger partial charge in [0.25, 0.3) is 5.91 Å². The predicted octanol–water partition coefficient (Wildman–Crippen LogP) is 2.01. The van der Waals surface area contributed by atoms with Crippen molar-refractivity contribution in [2.24, 2.45) is 0 Å². The molecule has 0 aromatic carbocycles. The number of hydrogen-bond acceptors (Lipinski definition) is 4. The summed E-state index contributed by atoms with van der Waals surface area (Å²) in [6, 6.07) is 6.12. The zero-order valence-corrected chi connectivity index (χ0v) is 11.0. The van der Waals surface area contributed by atoms with Gasteiger partial charge in [0.05, 0.1) is 24.0 Å². The summed E-state index contributed by atoms with van der Waals surface area (Å²) in [6.45, 7) is 0. The first-order valence-corrected chi connectivity index (χ1v) is 6.02. The second-order valence-corrected chi connectivity index (χ2v) is 4.32. The van der Waals surface area contributed by atoms with Crippen LogP contribution in [0.25, 0.3) is 0 Å². The summed E-state index contributed by atoms with van der Waals surface area (Å²) >= 11 is 5.70. The number of halogens is 1. The van der Waals surface area contributed by atoms with Crippen LogP contribution in [0.15, 0.2) is 36.7 Å². The van der Waals surface area contributed by atoms with E-state index in [9.17, 15) is 9.59 Å². The van der Waals surface area contributed by atoms with E-state index >= 15 is 0 Å². The molecule has 102 valence electrons. The van der Waals surface area contributed by atoms with Crippen LogP contribution in [0.1, 0.15) is 16.1 Å². The van der Waals surface area contributed by atoms with Gasteiger partial charge in [0.15, 0.2) is 0 Å². The highest BCUT2D eigenvalue weighted by molar-refractivity contribution is 6.29. The van der Waals surface area contributed by atoms with Gasteiger partial charge < -0.3 is 10.4 Å². The Balaban J connectivity index is 2.06. The van der Waals surface area contributed by atoms with Crippen LogP contribution in [0.4, 0.5) is 5.69 Å². The Morgan fingerprint density at radius 3 is 2.65 bits per heavy atom. The van der Waals surface area contributed by atoms with Crippen molar-refractivity contribution in [3.05, 3.63) is 53.1 Å². The van der Waals surface area contributed by atoms with Gasteiger partial charge in [0.1, 0.15) is 5.15 Å². The monoisotopic (exact) mass is 291 g/mol. The van der Waals surface area contributed by atoms with Gasteiger partial charge in [-0.05, 0) is 24.3 Å². The van der Waals surface area contributed by atoms with E-state index in [1.165, 1.54) is 24.5 Å². The zero-order valence-electron chi connectivity index (χ0n) is 10.2. The van der Waals surface area contributed by atoms with Gasteiger partial charge >= 0.3 is 5.97 Å². The number of aliphatic carboxylic acids is 1. The molecule has 20 heavy (non-hydrogen) atoms. The van der Waals surface area contributed by atoms with Crippen molar-refractivity contribution >= 4 is 29.2 Å². The molecule has 0 unspecified atom stereocenters. The van der Waals surface area contributed by atoms with Crippen LogP contribution >= 0.6 is 11.6 Å². The third kappa shape index (κ3) is 3.76. The van der Waals surface area contributed by atoms with Gasteiger partial charge in [-0.2, -0.15) is 0 Å². The molecule has 1 amide bonds. The van der Waals surface area contributed by atoms with Crippen molar-refractivity contribution in [2.45, 2.75) is 6.42 Å². The Morgan fingerprint density at radius 2 is 2.05 bits per heavy atom. The van der Waals surface area contributed by atoms with Gasteiger partial charge in [-0.15, -0.1) is 0 Å². The first-order chi connectivity index (χ1) is 9.54. The number of pyridine rings is 2. The lowest BCUT2D eigenvalue weighted by Gasteiger charge is -2.05. The number of rotatable bonds is 4. The Kier molecular flexibility index (Phi) is 4.27. The fourth-order valence-corrected chi connectivity index (χ4v) is 1.68. The molecule has 2 aromatic heterocycles.